The van der Waals surface area contributed by atoms with Gasteiger partial charge in [-0.05, 0) is 67.8 Å². The van der Waals surface area contributed by atoms with Crippen molar-refractivity contribution in [2.45, 2.75) is 56.3 Å². The van der Waals surface area contributed by atoms with Gasteiger partial charge in [0.2, 0.25) is 0 Å². The summed E-state index contributed by atoms with van der Waals surface area (Å²) in [4.78, 5) is 14.5. The number of hydrogen-bond donors (Lipinski definition) is 2. The summed E-state index contributed by atoms with van der Waals surface area (Å²) < 4.78 is 0. The normalized spacial score (nSPS) is 25.9. The van der Waals surface area contributed by atoms with Crippen molar-refractivity contribution in [2.24, 2.45) is 0 Å². The molecule has 2 aromatic heterocycles. The highest BCUT2D eigenvalue weighted by molar-refractivity contribution is 5.65. The Labute approximate surface area is 206 Å². The minimum absolute atomic E-state index is 0.356. The lowest BCUT2D eigenvalue weighted by atomic mass is 9.81. The Bertz CT molecular complexity index is 1230. The fourth-order valence-electron chi connectivity index (χ4n) is 6.25. The number of rotatable bonds is 3. The highest BCUT2D eigenvalue weighted by atomic mass is 15.3. The van der Waals surface area contributed by atoms with Crippen molar-refractivity contribution in [2.75, 3.05) is 28.6 Å². The first kappa shape index (κ1) is 21.9. The van der Waals surface area contributed by atoms with Crippen LogP contribution in [0, 0.1) is 11.3 Å². The molecule has 4 heterocycles. The van der Waals surface area contributed by atoms with E-state index in [-0.39, 0.29) is 0 Å². The number of nitriles is 1. The third-order valence-corrected chi connectivity index (χ3v) is 7.89. The number of hydrogen-bond acceptors (Lipinski definition) is 7. The predicted octanol–water partition coefficient (Wildman–Crippen LogP) is 3.97. The third-order valence-electron chi connectivity index (χ3n) is 7.89. The van der Waals surface area contributed by atoms with Gasteiger partial charge in [-0.2, -0.15) is 5.26 Å². The second kappa shape index (κ2) is 9.20. The number of piperazine rings is 1. The number of aromatic nitrogens is 2. The zero-order chi connectivity index (χ0) is 23.8. The maximum Gasteiger partial charge on any atom is 0.129 e. The van der Waals surface area contributed by atoms with E-state index in [4.69, 9.17) is 16.0 Å². The Hall–Kier alpha value is -3.63. The van der Waals surface area contributed by atoms with Gasteiger partial charge in [-0.25, -0.2) is 9.97 Å². The summed E-state index contributed by atoms with van der Waals surface area (Å²) in [5.41, 5.74) is 9.80. The van der Waals surface area contributed by atoms with Gasteiger partial charge in [0.1, 0.15) is 11.6 Å². The molecule has 3 N–H and O–H groups in total. The molecule has 0 radical (unpaired) electrons. The molecule has 1 aromatic carbocycles. The minimum Gasteiger partial charge on any atom is -0.384 e. The molecule has 6 rings (SSSR count). The lowest BCUT2D eigenvalue weighted by Gasteiger charge is -2.56. The smallest absolute Gasteiger partial charge is 0.129 e. The van der Waals surface area contributed by atoms with E-state index in [1.54, 1.807) is 0 Å². The van der Waals surface area contributed by atoms with Crippen molar-refractivity contribution >= 4 is 17.3 Å². The van der Waals surface area contributed by atoms with Crippen molar-refractivity contribution in [3.63, 3.8) is 0 Å². The van der Waals surface area contributed by atoms with E-state index in [2.05, 4.69) is 44.4 Å². The molecule has 3 aromatic rings. The van der Waals surface area contributed by atoms with Gasteiger partial charge in [-0.15, -0.1) is 0 Å². The molecule has 2 aliphatic heterocycles. The van der Waals surface area contributed by atoms with Crippen molar-refractivity contribution in [1.82, 2.24) is 15.3 Å². The van der Waals surface area contributed by atoms with E-state index in [0.29, 0.717) is 35.5 Å². The number of anilines is 3. The summed E-state index contributed by atoms with van der Waals surface area (Å²) in [7, 11) is 0. The van der Waals surface area contributed by atoms with Gasteiger partial charge in [0.05, 0.1) is 17.3 Å². The molecule has 3 aliphatic rings. The van der Waals surface area contributed by atoms with Crippen molar-refractivity contribution < 1.29 is 0 Å². The number of nitrogens with one attached hydrogen (secondary N) is 1. The minimum atomic E-state index is 0.356. The van der Waals surface area contributed by atoms with E-state index < -0.39 is 0 Å². The molecule has 4 atom stereocenters. The van der Waals surface area contributed by atoms with Crippen molar-refractivity contribution in [3.8, 4) is 17.3 Å². The Balaban J connectivity index is 1.31. The molecule has 7 heteroatoms. The number of piperidine rings is 1. The van der Waals surface area contributed by atoms with E-state index in [9.17, 15) is 0 Å². The van der Waals surface area contributed by atoms with Crippen LogP contribution in [-0.4, -0.2) is 47.2 Å². The number of nitrogens with two attached hydrogens (primary N) is 1. The van der Waals surface area contributed by atoms with Crippen LogP contribution in [0.2, 0.25) is 0 Å². The predicted molar refractivity (Wildman–Crippen MR) is 139 cm³/mol. The van der Waals surface area contributed by atoms with Crippen LogP contribution in [0.1, 0.15) is 37.7 Å². The van der Waals surface area contributed by atoms with Gasteiger partial charge in [-0.1, -0.05) is 18.9 Å². The van der Waals surface area contributed by atoms with Crippen LogP contribution in [0.5, 0.6) is 0 Å². The molecule has 0 bridgehead atoms. The average molecular weight is 466 g/mol. The molecule has 0 amide bonds. The number of fused-ring (bicyclic) bond motifs is 2. The first-order valence-corrected chi connectivity index (χ1v) is 12.7. The van der Waals surface area contributed by atoms with Crippen LogP contribution in [0.4, 0.5) is 17.3 Å². The zero-order valence-electron chi connectivity index (χ0n) is 19.8. The Morgan fingerprint density at radius 2 is 1.80 bits per heavy atom. The fourth-order valence-corrected chi connectivity index (χ4v) is 6.25. The molecular formula is C28H31N7. The summed E-state index contributed by atoms with van der Waals surface area (Å²) in [6.07, 6.45) is 7.92. The van der Waals surface area contributed by atoms with E-state index in [0.717, 1.165) is 36.6 Å². The molecular weight excluding hydrogens is 434 g/mol. The molecule has 2 saturated heterocycles. The first-order chi connectivity index (χ1) is 17.2. The van der Waals surface area contributed by atoms with Crippen LogP contribution in [0.25, 0.3) is 11.3 Å². The second-order valence-electron chi connectivity index (χ2n) is 9.95. The molecule has 7 nitrogen and oxygen atoms in total. The van der Waals surface area contributed by atoms with Gasteiger partial charge in [0, 0.05) is 54.7 Å². The molecule has 178 valence electrons. The van der Waals surface area contributed by atoms with Crippen LogP contribution in [-0.2, 0) is 0 Å². The SMILES string of the molecule is N#Cc1ccc(N2CCC3[C@@H](C2)N[C@@H]2CCCC[C@H]2N3c2cc(-c3cccc(N)n3)ccn2)cc1. The number of nitrogen functional groups attached to an aromatic ring is 1. The maximum atomic E-state index is 9.15. The van der Waals surface area contributed by atoms with Gasteiger partial charge in [0.25, 0.3) is 0 Å². The average Bonchev–Trinajstić information content (AvgIpc) is 2.91. The molecule has 0 spiro atoms. The van der Waals surface area contributed by atoms with E-state index >= 15 is 0 Å². The lowest BCUT2D eigenvalue weighted by Crippen LogP contribution is -2.72. The second-order valence-corrected chi connectivity index (χ2v) is 9.95. The highest BCUT2D eigenvalue weighted by Gasteiger charge is 2.46. The Morgan fingerprint density at radius 3 is 2.63 bits per heavy atom. The standard InChI is InChI=1S/C28H31N7/c29-17-19-8-10-21(11-9-19)34-15-13-26-24(18-34)32-23-4-1-2-6-25(23)35(26)28-16-20(12-14-31-28)22-5-3-7-27(30)33-22/h3,5,7-12,14,16,23-26,32H,1-2,4,6,13,15,18H2,(H2,30,33)/t23-,24-,25-,26?/m1/s1. The van der Waals surface area contributed by atoms with Crippen molar-refractivity contribution in [1.29, 1.82) is 5.26 Å². The first-order valence-electron chi connectivity index (χ1n) is 12.7. The van der Waals surface area contributed by atoms with Crippen LogP contribution in [0.3, 0.4) is 0 Å². The molecule has 35 heavy (non-hydrogen) atoms. The summed E-state index contributed by atoms with van der Waals surface area (Å²) in [6, 6.07) is 21.9. The number of benzene rings is 1. The maximum absolute atomic E-state index is 9.15. The van der Waals surface area contributed by atoms with Gasteiger partial charge < -0.3 is 20.9 Å². The van der Waals surface area contributed by atoms with Crippen molar-refractivity contribution in [3.05, 3.63) is 66.4 Å². The van der Waals surface area contributed by atoms with Crippen LogP contribution in [0.15, 0.2) is 60.8 Å². The number of nitrogens with zero attached hydrogens (tertiary/aromatic N) is 5. The molecule has 1 aliphatic carbocycles. The van der Waals surface area contributed by atoms with Gasteiger partial charge in [0.15, 0.2) is 0 Å². The quantitative estimate of drug-likeness (QED) is 0.604. The lowest BCUT2D eigenvalue weighted by molar-refractivity contribution is 0.188. The number of pyridine rings is 2. The van der Waals surface area contributed by atoms with E-state index in [1.165, 1.54) is 31.4 Å². The largest absolute Gasteiger partial charge is 0.384 e. The Kier molecular flexibility index (Phi) is 5.75. The zero-order valence-corrected chi connectivity index (χ0v) is 19.8. The van der Waals surface area contributed by atoms with E-state index in [1.807, 2.05) is 42.6 Å². The van der Waals surface area contributed by atoms with Crippen LogP contribution < -0.4 is 20.9 Å². The topological polar surface area (TPSA) is 94.1 Å². The summed E-state index contributed by atoms with van der Waals surface area (Å²) in [5.74, 6) is 1.58. The monoisotopic (exact) mass is 465 g/mol. The fraction of sp³-hybridized carbons (Fsp3) is 0.393. The summed E-state index contributed by atoms with van der Waals surface area (Å²) >= 11 is 0. The molecule has 3 fully saturated rings. The van der Waals surface area contributed by atoms with Crippen LogP contribution >= 0.6 is 0 Å². The summed E-state index contributed by atoms with van der Waals surface area (Å²) in [5, 5.41) is 13.2. The molecule has 1 saturated carbocycles. The van der Waals surface area contributed by atoms with Gasteiger partial charge >= 0.3 is 0 Å². The highest BCUT2D eigenvalue weighted by Crippen LogP contribution is 2.37. The molecule has 1 unspecified atom stereocenters. The Morgan fingerprint density at radius 1 is 0.971 bits per heavy atom. The summed E-state index contributed by atoms with van der Waals surface area (Å²) in [6.45, 7) is 1.94. The third kappa shape index (κ3) is 4.19. The van der Waals surface area contributed by atoms with Gasteiger partial charge in [-0.3, -0.25) is 0 Å².